The summed E-state index contributed by atoms with van der Waals surface area (Å²) in [6, 6.07) is 3.18. The SMILES string of the molecule is CCCCCC(CC(=O)NC)NC(=O)c1ccc(N2CC(C)(F)C2)c(OCC2CC2)n1. The fourth-order valence-corrected chi connectivity index (χ4v) is 3.76. The molecule has 2 N–H and O–H groups in total. The quantitative estimate of drug-likeness (QED) is 0.494. The van der Waals surface area contributed by atoms with Crippen LogP contribution in [0.1, 0.15) is 69.3 Å². The Balaban J connectivity index is 1.70. The first-order valence-corrected chi connectivity index (χ1v) is 11.4. The van der Waals surface area contributed by atoms with E-state index in [0.717, 1.165) is 44.2 Å². The Morgan fingerprint density at radius 3 is 2.68 bits per heavy atom. The second-order valence-corrected chi connectivity index (χ2v) is 9.09. The number of hydrogen-bond donors (Lipinski definition) is 2. The Bertz CT molecular complexity index is 774. The van der Waals surface area contributed by atoms with Gasteiger partial charge in [-0.1, -0.05) is 26.2 Å². The molecule has 2 amide bonds. The van der Waals surface area contributed by atoms with Gasteiger partial charge in [0.25, 0.3) is 5.91 Å². The molecule has 1 aromatic heterocycles. The van der Waals surface area contributed by atoms with Crippen molar-refractivity contribution >= 4 is 17.5 Å². The van der Waals surface area contributed by atoms with Gasteiger partial charge in [0.15, 0.2) is 0 Å². The number of nitrogens with one attached hydrogen (secondary N) is 2. The molecule has 31 heavy (non-hydrogen) atoms. The maximum Gasteiger partial charge on any atom is 0.270 e. The van der Waals surface area contributed by atoms with E-state index in [4.69, 9.17) is 4.74 Å². The molecule has 0 aromatic carbocycles. The molecule has 172 valence electrons. The van der Waals surface area contributed by atoms with E-state index < -0.39 is 5.67 Å². The van der Waals surface area contributed by atoms with E-state index in [9.17, 15) is 14.0 Å². The van der Waals surface area contributed by atoms with Crippen LogP contribution in [0.5, 0.6) is 5.88 Å². The molecule has 1 saturated heterocycles. The van der Waals surface area contributed by atoms with E-state index in [2.05, 4.69) is 22.5 Å². The summed E-state index contributed by atoms with van der Waals surface area (Å²) < 4.78 is 19.9. The van der Waals surface area contributed by atoms with Gasteiger partial charge in [-0.3, -0.25) is 9.59 Å². The number of carbonyl (C=O) groups is 2. The van der Waals surface area contributed by atoms with Crippen molar-refractivity contribution in [2.45, 2.75) is 70.5 Å². The Hall–Kier alpha value is -2.38. The van der Waals surface area contributed by atoms with Crippen LogP contribution in [0.3, 0.4) is 0 Å². The fourth-order valence-electron chi connectivity index (χ4n) is 3.76. The maximum absolute atomic E-state index is 14.0. The minimum absolute atomic E-state index is 0.106. The maximum atomic E-state index is 14.0. The highest BCUT2D eigenvalue weighted by molar-refractivity contribution is 5.93. The molecule has 3 rings (SSSR count). The number of carbonyl (C=O) groups excluding carboxylic acids is 2. The molecule has 0 spiro atoms. The van der Waals surface area contributed by atoms with Gasteiger partial charge in [0.2, 0.25) is 11.8 Å². The topological polar surface area (TPSA) is 83.6 Å². The Morgan fingerprint density at radius 2 is 2.06 bits per heavy atom. The second-order valence-electron chi connectivity index (χ2n) is 9.09. The zero-order valence-electron chi connectivity index (χ0n) is 18.9. The number of nitrogens with zero attached hydrogens (tertiary/aromatic N) is 2. The highest BCUT2D eigenvalue weighted by atomic mass is 19.1. The Kier molecular flexibility index (Phi) is 7.73. The summed E-state index contributed by atoms with van der Waals surface area (Å²) >= 11 is 0. The van der Waals surface area contributed by atoms with Crippen molar-refractivity contribution in [3.63, 3.8) is 0 Å². The average molecular weight is 435 g/mol. The van der Waals surface area contributed by atoms with Gasteiger partial charge in [0.1, 0.15) is 17.1 Å². The van der Waals surface area contributed by atoms with E-state index in [0.29, 0.717) is 18.4 Å². The van der Waals surface area contributed by atoms with Crippen molar-refractivity contribution in [2.24, 2.45) is 5.92 Å². The Morgan fingerprint density at radius 1 is 1.32 bits per heavy atom. The minimum atomic E-state index is -1.21. The van der Waals surface area contributed by atoms with Gasteiger partial charge in [0, 0.05) is 19.5 Å². The van der Waals surface area contributed by atoms with Gasteiger partial charge in [-0.15, -0.1) is 0 Å². The van der Waals surface area contributed by atoms with Crippen LogP contribution >= 0.6 is 0 Å². The molecule has 1 aliphatic carbocycles. The predicted molar refractivity (Wildman–Crippen MR) is 118 cm³/mol. The first-order chi connectivity index (χ1) is 14.8. The summed E-state index contributed by atoms with van der Waals surface area (Å²) in [4.78, 5) is 31.1. The molecule has 1 aromatic rings. The summed E-state index contributed by atoms with van der Waals surface area (Å²) in [5, 5.41) is 5.58. The second kappa shape index (κ2) is 10.3. The largest absolute Gasteiger partial charge is 0.476 e. The number of amides is 2. The molecule has 2 fully saturated rings. The zero-order chi connectivity index (χ0) is 22.4. The van der Waals surface area contributed by atoms with Gasteiger partial charge in [-0.05, 0) is 44.2 Å². The molecule has 1 atom stereocenters. The normalized spacial score (nSPS) is 18.1. The number of rotatable bonds is 12. The standard InChI is InChI=1S/C23H35FN4O3/c1-4-5-6-7-17(12-20(29)25-3)26-21(30)18-10-11-19(28-14-23(2,24)15-28)22(27-18)31-13-16-8-9-16/h10-11,16-17H,4-9,12-15H2,1-3H3,(H,25,29)(H,26,30). The lowest BCUT2D eigenvalue weighted by atomic mass is 9.98. The van der Waals surface area contributed by atoms with Crippen molar-refractivity contribution in [1.29, 1.82) is 0 Å². The van der Waals surface area contributed by atoms with Crippen LogP contribution in [-0.2, 0) is 4.79 Å². The van der Waals surface area contributed by atoms with Crippen molar-refractivity contribution in [2.75, 3.05) is 31.6 Å². The molecule has 8 heteroatoms. The first kappa shape index (κ1) is 23.3. The number of anilines is 1. The summed E-state index contributed by atoms with van der Waals surface area (Å²) in [7, 11) is 1.59. The van der Waals surface area contributed by atoms with Crippen LogP contribution in [0.15, 0.2) is 12.1 Å². The predicted octanol–water partition coefficient (Wildman–Crippen LogP) is 3.23. The van der Waals surface area contributed by atoms with E-state index in [1.807, 2.05) is 4.90 Å². The smallest absolute Gasteiger partial charge is 0.270 e. The summed E-state index contributed by atoms with van der Waals surface area (Å²) in [6.45, 7) is 4.82. The van der Waals surface area contributed by atoms with Crippen LogP contribution in [0.2, 0.25) is 0 Å². The third-order valence-electron chi connectivity index (χ3n) is 5.81. The number of unbranched alkanes of at least 4 members (excludes halogenated alkanes) is 2. The van der Waals surface area contributed by atoms with Gasteiger partial charge >= 0.3 is 0 Å². The lowest BCUT2D eigenvalue weighted by Crippen LogP contribution is -2.57. The molecular formula is C23H35FN4O3. The lowest BCUT2D eigenvalue weighted by Gasteiger charge is -2.44. The summed E-state index contributed by atoms with van der Waals surface area (Å²) in [5.41, 5.74) is -0.248. The van der Waals surface area contributed by atoms with Crippen molar-refractivity contribution in [1.82, 2.24) is 15.6 Å². The number of halogens is 1. The number of ether oxygens (including phenoxy) is 1. The monoisotopic (exact) mass is 434 g/mol. The molecule has 0 radical (unpaired) electrons. The first-order valence-electron chi connectivity index (χ1n) is 11.4. The summed E-state index contributed by atoms with van der Waals surface area (Å²) in [6.07, 6.45) is 6.31. The number of aromatic nitrogens is 1. The van der Waals surface area contributed by atoms with Gasteiger partial charge in [-0.25, -0.2) is 9.37 Å². The number of hydrogen-bond acceptors (Lipinski definition) is 5. The molecule has 1 unspecified atom stereocenters. The van der Waals surface area contributed by atoms with E-state index in [-0.39, 0.29) is 43.1 Å². The molecule has 7 nitrogen and oxygen atoms in total. The highest BCUT2D eigenvalue weighted by Gasteiger charge is 2.40. The third kappa shape index (κ3) is 6.80. The molecule has 2 aliphatic rings. The van der Waals surface area contributed by atoms with E-state index in [1.54, 1.807) is 26.1 Å². The number of pyridine rings is 1. The van der Waals surface area contributed by atoms with Crippen molar-refractivity contribution in [3.8, 4) is 5.88 Å². The van der Waals surface area contributed by atoms with Crippen LogP contribution in [-0.4, -0.2) is 55.3 Å². The Labute approximate surface area is 184 Å². The van der Waals surface area contributed by atoms with Crippen LogP contribution in [0, 0.1) is 5.92 Å². The van der Waals surface area contributed by atoms with E-state index in [1.165, 1.54) is 0 Å². The van der Waals surface area contributed by atoms with Gasteiger partial charge in [0.05, 0.1) is 19.7 Å². The average Bonchev–Trinajstić information content (AvgIpc) is 3.54. The fraction of sp³-hybridized carbons (Fsp3) is 0.696. The molecule has 0 bridgehead atoms. The lowest BCUT2D eigenvalue weighted by molar-refractivity contribution is -0.121. The van der Waals surface area contributed by atoms with Crippen molar-refractivity contribution in [3.05, 3.63) is 17.8 Å². The van der Waals surface area contributed by atoms with Crippen LogP contribution < -0.4 is 20.3 Å². The molecule has 2 heterocycles. The number of alkyl halides is 1. The summed E-state index contributed by atoms with van der Waals surface area (Å²) in [5.74, 6) is 0.479. The molecule has 1 aliphatic heterocycles. The molecular weight excluding hydrogens is 399 g/mol. The van der Waals surface area contributed by atoms with Gasteiger partial charge < -0.3 is 20.3 Å². The van der Waals surface area contributed by atoms with Gasteiger partial charge in [-0.2, -0.15) is 0 Å². The van der Waals surface area contributed by atoms with Crippen LogP contribution in [0.4, 0.5) is 10.1 Å². The minimum Gasteiger partial charge on any atom is -0.476 e. The van der Waals surface area contributed by atoms with E-state index >= 15 is 0 Å². The molecule has 1 saturated carbocycles. The third-order valence-corrected chi connectivity index (χ3v) is 5.81. The van der Waals surface area contributed by atoms with Crippen LogP contribution in [0.25, 0.3) is 0 Å². The van der Waals surface area contributed by atoms with Crippen molar-refractivity contribution < 1.29 is 18.7 Å². The highest BCUT2D eigenvalue weighted by Crippen LogP contribution is 2.37. The zero-order valence-corrected chi connectivity index (χ0v) is 18.9.